The standard InChI is InChI=1S/C14H21BrN4O3/c1-9(13(21)19-7-5-4-6-8-19)16-12(20)11-10(15)14(22-3)18(2)17-11/h9H,4-8H2,1-3H3,(H,16,20). The van der Waals surface area contributed by atoms with E-state index in [2.05, 4.69) is 26.3 Å². The number of rotatable bonds is 4. The van der Waals surface area contributed by atoms with Gasteiger partial charge in [-0.15, -0.1) is 0 Å². The van der Waals surface area contributed by atoms with Gasteiger partial charge in [0, 0.05) is 20.1 Å². The second-order valence-electron chi connectivity index (χ2n) is 5.38. The van der Waals surface area contributed by atoms with Crippen molar-refractivity contribution in [2.24, 2.45) is 7.05 Å². The Morgan fingerprint density at radius 1 is 1.32 bits per heavy atom. The number of ether oxygens (including phenoxy) is 1. The summed E-state index contributed by atoms with van der Waals surface area (Å²) in [5.41, 5.74) is 0.206. The molecule has 0 bridgehead atoms. The van der Waals surface area contributed by atoms with Crippen molar-refractivity contribution in [1.29, 1.82) is 0 Å². The minimum absolute atomic E-state index is 0.0490. The average Bonchev–Trinajstić information content (AvgIpc) is 2.81. The van der Waals surface area contributed by atoms with Gasteiger partial charge in [0.25, 0.3) is 5.91 Å². The third-order valence-electron chi connectivity index (χ3n) is 3.73. The van der Waals surface area contributed by atoms with Crippen molar-refractivity contribution in [3.63, 3.8) is 0 Å². The molecule has 0 radical (unpaired) electrons. The SMILES string of the molecule is COc1c(Br)c(C(=O)NC(C)C(=O)N2CCCCC2)nn1C. The van der Waals surface area contributed by atoms with Crippen molar-refractivity contribution in [2.75, 3.05) is 20.2 Å². The monoisotopic (exact) mass is 372 g/mol. The molecule has 1 aromatic rings. The van der Waals surface area contributed by atoms with E-state index in [0.717, 1.165) is 32.4 Å². The van der Waals surface area contributed by atoms with Crippen LogP contribution >= 0.6 is 15.9 Å². The van der Waals surface area contributed by atoms with Crippen LogP contribution in [0.4, 0.5) is 0 Å². The minimum atomic E-state index is -0.578. The maximum atomic E-state index is 12.3. The molecule has 0 spiro atoms. The molecule has 1 unspecified atom stereocenters. The molecule has 22 heavy (non-hydrogen) atoms. The van der Waals surface area contributed by atoms with E-state index in [1.165, 1.54) is 11.8 Å². The van der Waals surface area contributed by atoms with E-state index >= 15 is 0 Å². The summed E-state index contributed by atoms with van der Waals surface area (Å²) in [6.07, 6.45) is 3.20. The number of halogens is 1. The van der Waals surface area contributed by atoms with Crippen molar-refractivity contribution < 1.29 is 14.3 Å². The third kappa shape index (κ3) is 3.43. The summed E-state index contributed by atoms with van der Waals surface area (Å²) in [7, 11) is 3.19. The van der Waals surface area contributed by atoms with Crippen molar-refractivity contribution in [1.82, 2.24) is 20.0 Å². The van der Waals surface area contributed by atoms with Gasteiger partial charge >= 0.3 is 0 Å². The van der Waals surface area contributed by atoms with Crippen LogP contribution in [0, 0.1) is 0 Å². The van der Waals surface area contributed by atoms with Gasteiger partial charge in [-0.25, -0.2) is 4.68 Å². The van der Waals surface area contributed by atoms with Crippen LogP contribution in [-0.4, -0.2) is 52.7 Å². The van der Waals surface area contributed by atoms with Gasteiger partial charge in [0.1, 0.15) is 10.5 Å². The Kier molecular flexibility index (Phi) is 5.44. The van der Waals surface area contributed by atoms with Crippen molar-refractivity contribution >= 4 is 27.7 Å². The lowest BCUT2D eigenvalue weighted by Crippen LogP contribution is -2.48. The fourth-order valence-corrected chi connectivity index (χ4v) is 3.24. The zero-order chi connectivity index (χ0) is 16.3. The first-order valence-corrected chi connectivity index (χ1v) is 8.11. The van der Waals surface area contributed by atoms with Gasteiger partial charge in [0.2, 0.25) is 11.8 Å². The summed E-state index contributed by atoms with van der Waals surface area (Å²) in [5.74, 6) is 0.0101. The zero-order valence-electron chi connectivity index (χ0n) is 13.1. The molecule has 1 aliphatic rings. The number of amides is 2. The topological polar surface area (TPSA) is 76.5 Å². The Labute approximate surface area is 138 Å². The minimum Gasteiger partial charge on any atom is -0.480 e. The highest BCUT2D eigenvalue weighted by Gasteiger charge is 2.26. The van der Waals surface area contributed by atoms with Crippen LogP contribution in [0.1, 0.15) is 36.7 Å². The number of likely N-dealkylation sites (tertiary alicyclic amines) is 1. The van der Waals surface area contributed by atoms with Crippen LogP contribution < -0.4 is 10.1 Å². The van der Waals surface area contributed by atoms with E-state index in [4.69, 9.17) is 4.74 Å². The first-order valence-electron chi connectivity index (χ1n) is 7.31. The van der Waals surface area contributed by atoms with E-state index in [1.54, 1.807) is 14.0 Å². The van der Waals surface area contributed by atoms with Crippen LogP contribution in [0.2, 0.25) is 0 Å². The number of nitrogens with one attached hydrogen (secondary N) is 1. The van der Waals surface area contributed by atoms with E-state index < -0.39 is 11.9 Å². The number of piperidine rings is 1. The van der Waals surface area contributed by atoms with E-state index in [1.807, 2.05) is 4.90 Å². The molecule has 0 aromatic carbocycles. The van der Waals surface area contributed by atoms with Crippen LogP contribution in [0.15, 0.2) is 4.47 Å². The first kappa shape index (κ1) is 16.8. The Balaban J connectivity index is 2.03. The number of methoxy groups -OCH3 is 1. The van der Waals surface area contributed by atoms with Gasteiger partial charge < -0.3 is 15.0 Å². The second kappa shape index (κ2) is 7.13. The number of carbonyl (C=O) groups excluding carboxylic acids is 2. The van der Waals surface area contributed by atoms with E-state index in [9.17, 15) is 9.59 Å². The molecule has 7 nitrogen and oxygen atoms in total. The molecule has 1 fully saturated rings. The van der Waals surface area contributed by atoms with Gasteiger partial charge in [0.05, 0.1) is 7.11 Å². The number of hydrogen-bond acceptors (Lipinski definition) is 4. The molecular formula is C14H21BrN4O3. The number of aryl methyl sites for hydroxylation is 1. The highest BCUT2D eigenvalue weighted by atomic mass is 79.9. The largest absolute Gasteiger partial charge is 0.480 e. The molecule has 2 rings (SSSR count). The molecule has 1 atom stereocenters. The van der Waals surface area contributed by atoms with Crippen LogP contribution in [-0.2, 0) is 11.8 Å². The maximum Gasteiger partial charge on any atom is 0.273 e. The highest BCUT2D eigenvalue weighted by molar-refractivity contribution is 9.10. The van der Waals surface area contributed by atoms with E-state index in [-0.39, 0.29) is 11.6 Å². The van der Waals surface area contributed by atoms with Crippen molar-refractivity contribution in [3.05, 3.63) is 10.2 Å². The quantitative estimate of drug-likeness (QED) is 0.864. The lowest BCUT2D eigenvalue weighted by molar-refractivity contribution is -0.133. The molecule has 1 aliphatic heterocycles. The van der Waals surface area contributed by atoms with Gasteiger partial charge in [-0.05, 0) is 42.1 Å². The molecule has 2 amide bonds. The van der Waals surface area contributed by atoms with Gasteiger partial charge in [0.15, 0.2) is 5.69 Å². The van der Waals surface area contributed by atoms with Gasteiger partial charge in [-0.1, -0.05) is 0 Å². The number of nitrogens with zero attached hydrogens (tertiary/aromatic N) is 3. The Hall–Kier alpha value is -1.57. The Morgan fingerprint density at radius 3 is 2.50 bits per heavy atom. The lowest BCUT2D eigenvalue weighted by atomic mass is 10.1. The summed E-state index contributed by atoms with van der Waals surface area (Å²) < 4.78 is 7.10. The Morgan fingerprint density at radius 2 is 1.95 bits per heavy atom. The summed E-state index contributed by atoms with van der Waals surface area (Å²) >= 11 is 3.30. The Bertz CT molecular complexity index is 567. The molecule has 1 aromatic heterocycles. The predicted octanol–water partition coefficient (Wildman–Crippen LogP) is 1.32. The van der Waals surface area contributed by atoms with Crippen LogP contribution in [0.5, 0.6) is 5.88 Å². The van der Waals surface area contributed by atoms with Crippen LogP contribution in [0.3, 0.4) is 0 Å². The smallest absolute Gasteiger partial charge is 0.273 e. The molecule has 1 N–H and O–H groups in total. The summed E-state index contributed by atoms with van der Waals surface area (Å²) in [6.45, 7) is 3.23. The number of carbonyl (C=O) groups is 2. The predicted molar refractivity (Wildman–Crippen MR) is 84.8 cm³/mol. The average molecular weight is 373 g/mol. The number of aromatic nitrogens is 2. The zero-order valence-corrected chi connectivity index (χ0v) is 14.6. The van der Waals surface area contributed by atoms with Gasteiger partial charge in [-0.3, -0.25) is 9.59 Å². The van der Waals surface area contributed by atoms with Crippen molar-refractivity contribution in [2.45, 2.75) is 32.2 Å². The highest BCUT2D eigenvalue weighted by Crippen LogP contribution is 2.27. The summed E-state index contributed by atoms with van der Waals surface area (Å²) in [6, 6.07) is -0.578. The first-order chi connectivity index (χ1) is 10.5. The third-order valence-corrected chi connectivity index (χ3v) is 4.45. The molecule has 1 saturated heterocycles. The molecule has 0 saturated carbocycles. The summed E-state index contributed by atoms with van der Waals surface area (Å²) in [5, 5.41) is 6.82. The maximum absolute atomic E-state index is 12.3. The molecule has 0 aliphatic carbocycles. The lowest BCUT2D eigenvalue weighted by Gasteiger charge is -2.29. The molecular weight excluding hydrogens is 352 g/mol. The summed E-state index contributed by atoms with van der Waals surface area (Å²) in [4.78, 5) is 26.4. The molecule has 8 heteroatoms. The van der Waals surface area contributed by atoms with Gasteiger partial charge in [-0.2, -0.15) is 5.10 Å². The normalized spacial score (nSPS) is 16.3. The fraction of sp³-hybridized carbons (Fsp3) is 0.643. The fourth-order valence-electron chi connectivity index (χ4n) is 2.56. The second-order valence-corrected chi connectivity index (χ2v) is 6.17. The molecule has 122 valence electrons. The molecule has 2 heterocycles. The number of hydrogen-bond donors (Lipinski definition) is 1. The van der Waals surface area contributed by atoms with E-state index in [0.29, 0.717) is 10.4 Å². The van der Waals surface area contributed by atoms with Crippen LogP contribution in [0.25, 0.3) is 0 Å². The van der Waals surface area contributed by atoms with Crippen molar-refractivity contribution in [3.8, 4) is 5.88 Å².